The molecule has 2 unspecified atom stereocenters. The molecular weight excluding hydrogens is 613 g/mol. The first-order chi connectivity index (χ1) is 22.6. The molecule has 0 radical (unpaired) electrons. The van der Waals surface area contributed by atoms with Gasteiger partial charge < -0.3 is 19.0 Å². The second kappa shape index (κ2) is 15.9. The Morgan fingerprint density at radius 1 is 0.875 bits per heavy atom. The maximum atomic E-state index is 14.4. The molecule has 4 rings (SSSR count). The molecule has 5 atom stereocenters. The SMILES string of the molecule is CC(CCC[C@H](C)[C@@H](O)C(Cc1ccccc1)C(=O)C(C)(C)[C@@H]1CCOC(C)(C)O1)O[Si](c1ccccc1)(c1ccccc1)C(C)(C)C. The second-order valence-corrected chi connectivity index (χ2v) is 20.3. The first kappa shape index (κ1) is 38.2. The molecule has 0 aromatic heterocycles. The zero-order chi connectivity index (χ0) is 35.2. The molecule has 5 nitrogen and oxygen atoms in total. The van der Waals surface area contributed by atoms with Gasteiger partial charge in [0.25, 0.3) is 8.32 Å². The molecule has 1 fully saturated rings. The van der Waals surface area contributed by atoms with Gasteiger partial charge in [-0.05, 0) is 73.3 Å². The van der Waals surface area contributed by atoms with Crippen LogP contribution in [-0.4, -0.2) is 49.9 Å². The monoisotopic (exact) mass is 672 g/mol. The predicted octanol–water partition coefficient (Wildman–Crippen LogP) is 8.11. The van der Waals surface area contributed by atoms with E-state index in [1.807, 2.05) is 58.0 Å². The third-order valence-electron chi connectivity index (χ3n) is 10.4. The Morgan fingerprint density at radius 3 is 1.90 bits per heavy atom. The molecule has 3 aromatic carbocycles. The number of aliphatic hydroxyl groups excluding tert-OH is 1. The summed E-state index contributed by atoms with van der Waals surface area (Å²) in [6.07, 6.45) is 2.67. The van der Waals surface area contributed by atoms with E-state index in [1.54, 1.807) is 0 Å². The van der Waals surface area contributed by atoms with Crippen LogP contribution in [0.4, 0.5) is 0 Å². The second-order valence-electron chi connectivity index (χ2n) is 16.0. The largest absolute Gasteiger partial charge is 0.405 e. The predicted molar refractivity (Wildman–Crippen MR) is 199 cm³/mol. The molecule has 1 saturated heterocycles. The highest BCUT2D eigenvalue weighted by atomic mass is 28.4. The normalized spacial score (nSPS) is 19.7. The molecule has 1 heterocycles. The minimum absolute atomic E-state index is 0.0235. The fourth-order valence-corrected chi connectivity index (χ4v) is 12.3. The summed E-state index contributed by atoms with van der Waals surface area (Å²) >= 11 is 0. The molecule has 0 spiro atoms. The molecule has 0 bridgehead atoms. The van der Waals surface area contributed by atoms with E-state index in [-0.39, 0.29) is 28.9 Å². The molecule has 0 aliphatic carbocycles. The van der Waals surface area contributed by atoms with Crippen LogP contribution in [-0.2, 0) is 25.1 Å². The maximum absolute atomic E-state index is 14.4. The summed E-state index contributed by atoms with van der Waals surface area (Å²) in [5.74, 6) is -1.30. The van der Waals surface area contributed by atoms with Crippen molar-refractivity contribution in [3.63, 3.8) is 0 Å². The molecule has 1 aliphatic rings. The lowest BCUT2D eigenvalue weighted by Gasteiger charge is -2.45. The number of carbonyl (C=O) groups excluding carboxylic acids is 1. The number of hydrogen-bond donors (Lipinski definition) is 1. The van der Waals surface area contributed by atoms with Gasteiger partial charge in [0, 0.05) is 12.0 Å². The summed E-state index contributed by atoms with van der Waals surface area (Å²) in [5.41, 5.74) is 0.276. The summed E-state index contributed by atoms with van der Waals surface area (Å²) in [7, 11) is -2.65. The van der Waals surface area contributed by atoms with Crippen molar-refractivity contribution in [2.24, 2.45) is 17.3 Å². The zero-order valence-electron chi connectivity index (χ0n) is 30.9. The summed E-state index contributed by atoms with van der Waals surface area (Å²) in [6, 6.07) is 31.6. The smallest absolute Gasteiger partial charge is 0.261 e. The summed E-state index contributed by atoms with van der Waals surface area (Å²) < 4.78 is 19.4. The third-order valence-corrected chi connectivity index (χ3v) is 15.6. The Kier molecular flexibility index (Phi) is 12.7. The average Bonchev–Trinajstić information content (AvgIpc) is 3.05. The Labute approximate surface area is 291 Å². The van der Waals surface area contributed by atoms with Gasteiger partial charge in [-0.2, -0.15) is 0 Å². The highest BCUT2D eigenvalue weighted by Gasteiger charge is 2.51. The summed E-state index contributed by atoms with van der Waals surface area (Å²) in [5, 5.41) is 14.4. The van der Waals surface area contributed by atoms with E-state index in [4.69, 9.17) is 13.9 Å². The molecule has 262 valence electrons. The van der Waals surface area contributed by atoms with E-state index >= 15 is 0 Å². The van der Waals surface area contributed by atoms with Gasteiger partial charge in [-0.3, -0.25) is 4.79 Å². The van der Waals surface area contributed by atoms with Crippen molar-refractivity contribution in [3.05, 3.63) is 96.6 Å². The van der Waals surface area contributed by atoms with Crippen LogP contribution in [0.2, 0.25) is 5.04 Å². The van der Waals surface area contributed by atoms with Crippen LogP contribution < -0.4 is 10.4 Å². The average molecular weight is 673 g/mol. The van der Waals surface area contributed by atoms with Gasteiger partial charge in [-0.25, -0.2) is 0 Å². The Bertz CT molecular complexity index is 1380. The maximum Gasteiger partial charge on any atom is 0.261 e. The molecule has 0 saturated carbocycles. The lowest BCUT2D eigenvalue weighted by Crippen LogP contribution is -2.67. The summed E-state index contributed by atoms with van der Waals surface area (Å²) in [6.45, 7) is 19.5. The van der Waals surface area contributed by atoms with Crippen molar-refractivity contribution in [1.29, 1.82) is 0 Å². The molecule has 3 aromatic rings. The van der Waals surface area contributed by atoms with E-state index < -0.39 is 31.5 Å². The number of ether oxygens (including phenoxy) is 2. The molecule has 1 aliphatic heterocycles. The molecule has 0 amide bonds. The van der Waals surface area contributed by atoms with Crippen molar-refractivity contribution in [2.45, 2.75) is 124 Å². The highest BCUT2D eigenvalue weighted by molar-refractivity contribution is 6.99. The van der Waals surface area contributed by atoms with Gasteiger partial charge in [-0.15, -0.1) is 0 Å². The van der Waals surface area contributed by atoms with Gasteiger partial charge in [0.2, 0.25) is 0 Å². The van der Waals surface area contributed by atoms with E-state index in [9.17, 15) is 9.90 Å². The van der Waals surface area contributed by atoms with Gasteiger partial charge in [0.1, 0.15) is 5.78 Å². The lowest BCUT2D eigenvalue weighted by atomic mass is 9.70. The van der Waals surface area contributed by atoms with Crippen molar-refractivity contribution in [2.75, 3.05) is 6.61 Å². The minimum atomic E-state index is -2.65. The van der Waals surface area contributed by atoms with Crippen molar-refractivity contribution < 1.29 is 23.8 Å². The van der Waals surface area contributed by atoms with Crippen LogP contribution in [0.5, 0.6) is 0 Å². The van der Waals surface area contributed by atoms with E-state index in [0.29, 0.717) is 19.4 Å². The summed E-state index contributed by atoms with van der Waals surface area (Å²) in [4.78, 5) is 14.4. The van der Waals surface area contributed by atoms with Crippen molar-refractivity contribution in [3.8, 4) is 0 Å². The van der Waals surface area contributed by atoms with Gasteiger partial charge >= 0.3 is 0 Å². The van der Waals surface area contributed by atoms with Crippen molar-refractivity contribution >= 4 is 24.5 Å². The van der Waals surface area contributed by atoms with E-state index in [1.165, 1.54) is 10.4 Å². The standard InChI is InChI=1S/C42H60O5Si/c1-31(20-19-21-32(2)47-48(40(3,4)5,34-24-15-11-16-25-34)35-26-17-12-18-27-35)38(43)36(30-33-22-13-10-14-23-33)39(44)41(6,7)37-28-29-45-42(8,9)46-37/h10-18,22-27,31-32,36-38,43H,19-21,28-30H2,1-9H3/t31-,32?,36?,37-,38+/m0/s1. The molecule has 1 N–H and O–H groups in total. The van der Waals surface area contributed by atoms with Crippen LogP contribution in [0.15, 0.2) is 91.0 Å². The number of ketones is 1. The first-order valence-corrected chi connectivity index (χ1v) is 19.9. The van der Waals surface area contributed by atoms with Gasteiger partial charge in [-0.1, -0.05) is 139 Å². The Balaban J connectivity index is 1.49. The first-order valence-electron chi connectivity index (χ1n) is 18.0. The lowest BCUT2D eigenvalue weighted by molar-refractivity contribution is -0.289. The number of Topliss-reactive ketones (excluding diaryl/α,β-unsaturated/α-hetero) is 1. The molecular formula is C42H60O5Si. The van der Waals surface area contributed by atoms with Crippen molar-refractivity contribution in [1.82, 2.24) is 0 Å². The fourth-order valence-electron chi connectivity index (χ4n) is 7.58. The number of benzene rings is 3. The molecule has 6 heteroatoms. The van der Waals surface area contributed by atoms with Crippen LogP contribution in [0, 0.1) is 17.3 Å². The Morgan fingerprint density at radius 2 is 1.40 bits per heavy atom. The number of hydrogen-bond acceptors (Lipinski definition) is 5. The van der Waals surface area contributed by atoms with Crippen LogP contribution >= 0.6 is 0 Å². The fraction of sp³-hybridized carbons (Fsp3) is 0.548. The van der Waals surface area contributed by atoms with Gasteiger partial charge in [0.15, 0.2) is 5.79 Å². The third kappa shape index (κ3) is 8.94. The minimum Gasteiger partial charge on any atom is -0.405 e. The zero-order valence-corrected chi connectivity index (χ0v) is 31.9. The quantitative estimate of drug-likeness (QED) is 0.165. The van der Waals surface area contributed by atoms with Crippen LogP contribution in [0.1, 0.15) is 93.6 Å². The molecule has 48 heavy (non-hydrogen) atoms. The number of rotatable bonds is 15. The van der Waals surface area contributed by atoms with Gasteiger partial charge in [0.05, 0.1) is 24.2 Å². The Hall–Kier alpha value is -2.61. The number of aliphatic hydroxyl groups is 1. The van der Waals surface area contributed by atoms with E-state index in [2.05, 4.69) is 95.3 Å². The van der Waals surface area contributed by atoms with Crippen LogP contribution in [0.25, 0.3) is 0 Å². The van der Waals surface area contributed by atoms with E-state index in [0.717, 1.165) is 24.8 Å². The highest BCUT2D eigenvalue weighted by Crippen LogP contribution is 2.40. The van der Waals surface area contributed by atoms with Crippen LogP contribution in [0.3, 0.4) is 0 Å². The topological polar surface area (TPSA) is 65.0 Å². The number of carbonyl (C=O) groups is 1.